The summed E-state index contributed by atoms with van der Waals surface area (Å²) in [5.74, 6) is 1.39. The van der Waals surface area contributed by atoms with Crippen molar-refractivity contribution in [2.75, 3.05) is 38.3 Å². The Morgan fingerprint density at radius 2 is 1.95 bits per heavy atom. The number of para-hydroxylation sites is 1. The summed E-state index contributed by atoms with van der Waals surface area (Å²) in [5, 5.41) is 6.85. The van der Waals surface area contributed by atoms with Gasteiger partial charge in [0.2, 0.25) is 5.91 Å². The number of aromatic amines is 1. The van der Waals surface area contributed by atoms with Crippen molar-refractivity contribution in [1.82, 2.24) is 10.4 Å². The summed E-state index contributed by atoms with van der Waals surface area (Å²) in [6, 6.07) is 18.0. The fourth-order valence-electron chi connectivity index (χ4n) is 4.59. The summed E-state index contributed by atoms with van der Waals surface area (Å²) in [4.78, 5) is 17.1. The lowest BCUT2D eigenvalue weighted by Crippen LogP contribution is -2.26. The number of fused-ring (bicyclic) bond motifs is 3. The number of hydrogen-bond donors (Lipinski definition) is 2. The van der Waals surface area contributed by atoms with Gasteiger partial charge in [-0.2, -0.15) is 5.10 Å². The maximum absolute atomic E-state index is 11.3. The van der Waals surface area contributed by atoms with E-state index in [2.05, 4.69) is 38.6 Å². The van der Waals surface area contributed by atoms with E-state index in [9.17, 15) is 4.79 Å². The largest absolute Gasteiger partial charge is 0.490 e. The van der Waals surface area contributed by atoms with Crippen LogP contribution in [0.4, 0.5) is 5.69 Å². The summed E-state index contributed by atoms with van der Waals surface area (Å²) in [5.41, 5.74) is 7.37. The summed E-state index contributed by atoms with van der Waals surface area (Å²) in [6.45, 7) is 2.42. The van der Waals surface area contributed by atoms with Crippen LogP contribution in [0.15, 0.2) is 59.7 Å². The Morgan fingerprint density at radius 3 is 2.73 bits per heavy atom. The van der Waals surface area contributed by atoms with Crippen molar-refractivity contribution in [3.05, 3.63) is 65.2 Å². The first kappa shape index (κ1) is 23.6. The van der Waals surface area contributed by atoms with Gasteiger partial charge in [0.05, 0.1) is 40.5 Å². The molecule has 4 aromatic rings. The van der Waals surface area contributed by atoms with Gasteiger partial charge in [-0.05, 0) is 42.0 Å². The number of halogens is 1. The van der Waals surface area contributed by atoms with Crippen molar-refractivity contribution in [2.45, 2.75) is 18.9 Å². The van der Waals surface area contributed by atoms with Gasteiger partial charge < -0.3 is 24.1 Å². The van der Waals surface area contributed by atoms with Crippen LogP contribution in [0.5, 0.6) is 11.5 Å². The summed E-state index contributed by atoms with van der Waals surface area (Å²) in [6.07, 6.45) is 1.21. The van der Waals surface area contributed by atoms with E-state index < -0.39 is 0 Å². The Morgan fingerprint density at radius 1 is 1.11 bits per heavy atom. The third-order valence-corrected chi connectivity index (χ3v) is 6.99. The standard InChI is InChI=1S/C28H27ClN4O4/c1-33(12-13-35-24-9-6-17(14-20(24)29)21-7-11-26(34)32-31-21)23-8-10-25(37-16-18-15-36-18)27-19-4-2-3-5-22(19)30-28(23)27/h2-6,8-10,14,18,30H,7,11-13,15-16H2,1H3,(H,32,34). The second-order valence-corrected chi connectivity index (χ2v) is 9.69. The number of amides is 1. The summed E-state index contributed by atoms with van der Waals surface area (Å²) < 4.78 is 17.5. The Labute approximate surface area is 219 Å². The van der Waals surface area contributed by atoms with Crippen molar-refractivity contribution >= 4 is 50.7 Å². The number of H-pyrrole nitrogens is 1. The van der Waals surface area contributed by atoms with E-state index in [0.717, 1.165) is 51.1 Å². The van der Waals surface area contributed by atoms with Crippen molar-refractivity contribution in [1.29, 1.82) is 0 Å². The van der Waals surface area contributed by atoms with Crippen LogP contribution in [0, 0.1) is 0 Å². The number of epoxide rings is 1. The van der Waals surface area contributed by atoms with E-state index in [-0.39, 0.29) is 12.0 Å². The molecule has 0 saturated carbocycles. The van der Waals surface area contributed by atoms with Gasteiger partial charge in [0.25, 0.3) is 0 Å². The molecule has 0 aliphatic carbocycles. The number of nitrogens with zero attached hydrogens (tertiary/aromatic N) is 2. The predicted molar refractivity (Wildman–Crippen MR) is 145 cm³/mol. The Bertz CT molecular complexity index is 1510. The number of benzene rings is 3. The molecule has 2 N–H and O–H groups in total. The molecule has 1 unspecified atom stereocenters. The molecule has 0 spiro atoms. The highest BCUT2D eigenvalue weighted by atomic mass is 35.5. The topological polar surface area (TPSA) is 91.5 Å². The first-order valence-electron chi connectivity index (χ1n) is 12.3. The van der Waals surface area contributed by atoms with Crippen LogP contribution in [0.2, 0.25) is 5.02 Å². The molecule has 8 nitrogen and oxygen atoms in total. The van der Waals surface area contributed by atoms with Gasteiger partial charge in [-0.25, -0.2) is 5.43 Å². The smallest absolute Gasteiger partial charge is 0.240 e. The number of carbonyl (C=O) groups excluding carboxylic acids is 1. The minimum absolute atomic E-state index is 0.0707. The molecule has 2 aliphatic rings. The molecule has 190 valence electrons. The fourth-order valence-corrected chi connectivity index (χ4v) is 4.82. The van der Waals surface area contributed by atoms with E-state index >= 15 is 0 Å². The molecule has 1 fully saturated rings. The molecule has 1 atom stereocenters. The molecule has 1 saturated heterocycles. The monoisotopic (exact) mass is 518 g/mol. The first-order valence-corrected chi connectivity index (χ1v) is 12.7. The maximum Gasteiger partial charge on any atom is 0.240 e. The molecule has 2 aliphatic heterocycles. The highest BCUT2D eigenvalue weighted by Gasteiger charge is 2.24. The Balaban J connectivity index is 1.17. The molecular formula is C28H27ClN4O4. The van der Waals surface area contributed by atoms with Crippen molar-refractivity contribution in [3.63, 3.8) is 0 Å². The zero-order chi connectivity index (χ0) is 25.4. The first-order chi connectivity index (χ1) is 18.1. The second kappa shape index (κ2) is 9.95. The Kier molecular flexibility index (Phi) is 6.36. The van der Waals surface area contributed by atoms with Crippen LogP contribution in [0.1, 0.15) is 18.4 Å². The van der Waals surface area contributed by atoms with Crippen LogP contribution in [-0.4, -0.2) is 56.1 Å². The minimum Gasteiger partial charge on any atom is -0.490 e. The molecule has 0 radical (unpaired) electrons. The van der Waals surface area contributed by atoms with Gasteiger partial charge in [-0.15, -0.1) is 0 Å². The third kappa shape index (κ3) is 4.95. The van der Waals surface area contributed by atoms with Crippen LogP contribution in [0.3, 0.4) is 0 Å². The SMILES string of the molecule is CN(CCOc1ccc(C2=NNC(=O)CC2)cc1Cl)c1ccc(OCC2CO2)c2c1[nH]c1ccccc12. The molecular weight excluding hydrogens is 492 g/mol. The molecule has 1 amide bonds. The number of ether oxygens (including phenoxy) is 3. The summed E-state index contributed by atoms with van der Waals surface area (Å²) in [7, 11) is 2.04. The normalized spacial score (nSPS) is 17.0. The van der Waals surface area contributed by atoms with E-state index in [4.69, 9.17) is 25.8 Å². The third-order valence-electron chi connectivity index (χ3n) is 6.69. The lowest BCUT2D eigenvalue weighted by atomic mass is 10.0. The van der Waals surface area contributed by atoms with Crippen molar-refractivity contribution in [3.8, 4) is 11.5 Å². The van der Waals surface area contributed by atoms with E-state index in [0.29, 0.717) is 43.4 Å². The second-order valence-electron chi connectivity index (χ2n) is 9.28. The maximum atomic E-state index is 11.3. The van der Waals surface area contributed by atoms with Gasteiger partial charge >= 0.3 is 0 Å². The number of rotatable bonds is 9. The van der Waals surface area contributed by atoms with Gasteiger partial charge in [-0.1, -0.05) is 29.8 Å². The average molecular weight is 519 g/mol. The quantitative estimate of drug-likeness (QED) is 0.308. The van der Waals surface area contributed by atoms with Crippen LogP contribution >= 0.6 is 11.6 Å². The number of aromatic nitrogens is 1. The van der Waals surface area contributed by atoms with E-state index in [1.165, 1.54) is 0 Å². The lowest BCUT2D eigenvalue weighted by Gasteiger charge is -2.21. The number of likely N-dealkylation sites (N-methyl/N-ethyl adjacent to an activating group) is 1. The lowest BCUT2D eigenvalue weighted by molar-refractivity contribution is -0.121. The van der Waals surface area contributed by atoms with Crippen LogP contribution in [0.25, 0.3) is 21.8 Å². The number of carbonyl (C=O) groups is 1. The number of anilines is 1. The van der Waals surface area contributed by atoms with Crippen molar-refractivity contribution in [2.24, 2.45) is 5.10 Å². The zero-order valence-corrected chi connectivity index (χ0v) is 21.2. The Hall–Kier alpha value is -3.75. The van der Waals surface area contributed by atoms with Crippen LogP contribution < -0.4 is 19.8 Å². The van der Waals surface area contributed by atoms with E-state index in [1.54, 1.807) is 0 Å². The molecule has 9 heteroatoms. The van der Waals surface area contributed by atoms with Gasteiger partial charge in [0.1, 0.15) is 30.8 Å². The van der Waals surface area contributed by atoms with Gasteiger partial charge in [0.15, 0.2) is 0 Å². The average Bonchev–Trinajstić information content (AvgIpc) is 3.66. The summed E-state index contributed by atoms with van der Waals surface area (Å²) >= 11 is 6.50. The predicted octanol–water partition coefficient (Wildman–Crippen LogP) is 4.88. The van der Waals surface area contributed by atoms with Gasteiger partial charge in [0, 0.05) is 30.8 Å². The highest BCUT2D eigenvalue weighted by Crippen LogP contribution is 2.39. The zero-order valence-electron chi connectivity index (χ0n) is 20.4. The molecule has 3 aromatic carbocycles. The minimum atomic E-state index is -0.0707. The van der Waals surface area contributed by atoms with E-state index in [1.807, 2.05) is 43.4 Å². The molecule has 0 bridgehead atoms. The number of hydrazone groups is 1. The van der Waals surface area contributed by atoms with Gasteiger partial charge in [-0.3, -0.25) is 4.79 Å². The van der Waals surface area contributed by atoms with Crippen molar-refractivity contribution < 1.29 is 19.0 Å². The number of nitrogens with one attached hydrogen (secondary N) is 2. The molecule has 37 heavy (non-hydrogen) atoms. The highest BCUT2D eigenvalue weighted by molar-refractivity contribution is 6.32. The molecule has 6 rings (SSSR count). The van der Waals surface area contributed by atoms with Crippen LogP contribution in [-0.2, 0) is 9.53 Å². The molecule has 1 aromatic heterocycles. The molecule has 3 heterocycles. The number of hydrogen-bond acceptors (Lipinski definition) is 6. The fraction of sp³-hybridized carbons (Fsp3) is 0.286.